The lowest BCUT2D eigenvalue weighted by atomic mass is 9.49. The van der Waals surface area contributed by atoms with Crippen LogP contribution in [0.1, 0.15) is 48.9 Å². The van der Waals surface area contributed by atoms with E-state index in [2.05, 4.69) is 16.2 Å². The summed E-state index contributed by atoms with van der Waals surface area (Å²) in [6, 6.07) is 3.48. The number of carbonyl (C=O) groups excluding carboxylic acids is 3. The average molecular weight is 435 g/mol. The molecule has 1 aromatic rings. The van der Waals surface area contributed by atoms with Gasteiger partial charge in [0.25, 0.3) is 17.5 Å². The number of nitrogens with one attached hydrogen (secondary N) is 3. The first-order valence-corrected chi connectivity index (χ1v) is 10.4. The molecule has 0 saturated heterocycles. The number of halogens is 1. The van der Waals surface area contributed by atoms with Gasteiger partial charge in [-0.2, -0.15) is 0 Å². The lowest BCUT2D eigenvalue weighted by Gasteiger charge is -2.55. The molecule has 4 aliphatic carbocycles. The van der Waals surface area contributed by atoms with Gasteiger partial charge in [-0.3, -0.25) is 35.3 Å². The second kappa shape index (κ2) is 7.86. The molecule has 1 aromatic carbocycles. The van der Waals surface area contributed by atoms with Gasteiger partial charge in [0, 0.05) is 22.7 Å². The van der Waals surface area contributed by atoms with E-state index in [1.54, 1.807) is 0 Å². The maximum atomic E-state index is 12.8. The molecule has 0 spiro atoms. The number of hydrazine groups is 1. The lowest BCUT2D eigenvalue weighted by molar-refractivity contribution is -0.384. The van der Waals surface area contributed by atoms with Gasteiger partial charge in [-0.1, -0.05) is 11.6 Å². The van der Waals surface area contributed by atoms with E-state index in [1.165, 1.54) is 25.3 Å². The van der Waals surface area contributed by atoms with Crippen molar-refractivity contribution in [3.63, 3.8) is 0 Å². The Morgan fingerprint density at radius 3 is 2.20 bits per heavy atom. The highest BCUT2D eigenvalue weighted by Gasteiger charge is 2.54. The molecule has 4 bridgehead atoms. The Hall–Kier alpha value is -2.68. The number of rotatable bonds is 5. The first-order chi connectivity index (χ1) is 14.2. The van der Waals surface area contributed by atoms with E-state index in [1.807, 2.05) is 0 Å². The van der Waals surface area contributed by atoms with Crippen LogP contribution in [-0.4, -0.2) is 29.2 Å². The van der Waals surface area contributed by atoms with Crippen molar-refractivity contribution in [1.29, 1.82) is 0 Å². The number of nitro benzene ring substituents is 1. The number of amides is 3. The third kappa shape index (κ3) is 4.12. The van der Waals surface area contributed by atoms with Gasteiger partial charge in [-0.15, -0.1) is 0 Å². The third-order valence-corrected chi connectivity index (χ3v) is 6.82. The molecule has 0 radical (unpaired) electrons. The minimum atomic E-state index is -0.678. The molecule has 3 N–H and O–H groups in total. The quantitative estimate of drug-likeness (QED) is 0.483. The molecule has 0 heterocycles. The number of hydrogen-bond donors (Lipinski definition) is 3. The van der Waals surface area contributed by atoms with Gasteiger partial charge in [-0.25, -0.2) is 0 Å². The minimum Gasteiger partial charge on any atom is -0.343 e. The summed E-state index contributed by atoms with van der Waals surface area (Å²) in [7, 11) is 0. The maximum Gasteiger partial charge on any atom is 0.271 e. The fourth-order valence-corrected chi connectivity index (χ4v) is 5.99. The summed E-state index contributed by atoms with van der Waals surface area (Å²) in [4.78, 5) is 47.3. The van der Waals surface area contributed by atoms with E-state index in [0.717, 1.165) is 31.4 Å². The second-order valence-electron chi connectivity index (χ2n) is 8.84. The molecule has 160 valence electrons. The van der Waals surface area contributed by atoms with Crippen LogP contribution in [0.3, 0.4) is 0 Å². The van der Waals surface area contributed by atoms with E-state index >= 15 is 0 Å². The van der Waals surface area contributed by atoms with E-state index < -0.39 is 16.7 Å². The van der Waals surface area contributed by atoms with E-state index in [9.17, 15) is 24.5 Å². The Morgan fingerprint density at radius 1 is 1.03 bits per heavy atom. The van der Waals surface area contributed by atoms with Crippen molar-refractivity contribution in [3.8, 4) is 0 Å². The van der Waals surface area contributed by atoms with E-state index in [-0.39, 0.29) is 34.1 Å². The highest BCUT2D eigenvalue weighted by atomic mass is 35.5. The van der Waals surface area contributed by atoms with Crippen molar-refractivity contribution in [2.24, 2.45) is 23.2 Å². The van der Waals surface area contributed by atoms with Crippen LogP contribution in [0.4, 0.5) is 5.69 Å². The van der Waals surface area contributed by atoms with Crippen LogP contribution < -0.4 is 16.2 Å². The molecule has 4 aliphatic rings. The summed E-state index contributed by atoms with van der Waals surface area (Å²) in [5, 5.41) is 13.3. The van der Waals surface area contributed by atoms with Gasteiger partial charge in [0.1, 0.15) is 0 Å². The molecule has 4 fully saturated rings. The minimum absolute atomic E-state index is 0.0281. The van der Waals surface area contributed by atoms with Gasteiger partial charge < -0.3 is 5.32 Å². The second-order valence-corrected chi connectivity index (χ2v) is 9.27. The summed E-state index contributed by atoms with van der Waals surface area (Å²) in [5.41, 5.74) is 4.17. The molecule has 5 rings (SSSR count). The first-order valence-electron chi connectivity index (χ1n) is 10.1. The monoisotopic (exact) mass is 434 g/mol. The Bertz CT molecular complexity index is 883. The van der Waals surface area contributed by atoms with Gasteiger partial charge in [0.15, 0.2) is 0 Å². The zero-order chi connectivity index (χ0) is 21.5. The van der Waals surface area contributed by atoms with Crippen LogP contribution >= 0.6 is 11.6 Å². The smallest absolute Gasteiger partial charge is 0.271 e. The number of carbonyl (C=O) groups is 3. The van der Waals surface area contributed by atoms with Crippen LogP contribution in [0.5, 0.6) is 0 Å². The van der Waals surface area contributed by atoms with Crippen molar-refractivity contribution < 1.29 is 19.3 Å². The molecule has 0 atom stereocenters. The predicted molar refractivity (Wildman–Crippen MR) is 107 cm³/mol. The fourth-order valence-electron chi connectivity index (χ4n) is 5.77. The molecule has 30 heavy (non-hydrogen) atoms. The Morgan fingerprint density at radius 2 is 1.63 bits per heavy atom. The number of nitrogens with zero attached hydrogens (tertiary/aromatic N) is 1. The fraction of sp³-hybridized carbons (Fsp3) is 0.550. The van der Waals surface area contributed by atoms with Gasteiger partial charge in [-0.05, 0) is 62.3 Å². The summed E-state index contributed by atoms with van der Waals surface area (Å²) >= 11 is 5.80. The average Bonchev–Trinajstić information content (AvgIpc) is 2.68. The Balaban J connectivity index is 1.28. The van der Waals surface area contributed by atoms with Crippen LogP contribution in [0, 0.1) is 33.3 Å². The van der Waals surface area contributed by atoms with Gasteiger partial charge in [0.05, 0.1) is 16.9 Å². The molecule has 0 aromatic heterocycles. The molecule has 0 unspecified atom stereocenters. The zero-order valence-corrected chi connectivity index (χ0v) is 17.0. The van der Waals surface area contributed by atoms with Crippen molar-refractivity contribution >= 4 is 35.0 Å². The number of nitro groups is 1. The lowest BCUT2D eigenvalue weighted by Crippen LogP contribution is -2.57. The predicted octanol–water partition coefficient (Wildman–Crippen LogP) is 2.34. The van der Waals surface area contributed by atoms with Gasteiger partial charge >= 0.3 is 0 Å². The highest BCUT2D eigenvalue weighted by molar-refractivity contribution is 6.31. The maximum absolute atomic E-state index is 12.8. The third-order valence-electron chi connectivity index (χ3n) is 6.60. The molecule has 3 amide bonds. The van der Waals surface area contributed by atoms with E-state index in [4.69, 9.17) is 11.6 Å². The Labute approximate surface area is 178 Å². The number of benzene rings is 1. The number of hydrogen-bond acceptors (Lipinski definition) is 5. The van der Waals surface area contributed by atoms with Crippen LogP contribution in [0.25, 0.3) is 0 Å². The summed E-state index contributed by atoms with van der Waals surface area (Å²) < 4.78 is 0. The molecule has 9 nitrogen and oxygen atoms in total. The summed E-state index contributed by atoms with van der Waals surface area (Å²) in [5.74, 6) is 0.420. The normalized spacial score (nSPS) is 28.6. The van der Waals surface area contributed by atoms with Crippen LogP contribution in [-0.2, 0) is 9.59 Å². The standard InChI is InChI=1S/C20H23ClN4O5/c21-15-4-14(5-16(6-15)25(29)30)18(27)22-10-17(26)23-24-19(28)20-7-11-1-12(8-20)3-13(2-11)9-20/h4-6,11-13H,1-3,7-10H2,(H,22,27)(H,23,26)(H,24,28). The SMILES string of the molecule is O=C(CNC(=O)c1cc(Cl)cc([N+](=O)[O-])c1)NNC(=O)C12CC3CC(CC(C3)C1)C2. The first kappa shape index (κ1) is 20.6. The summed E-state index contributed by atoms with van der Waals surface area (Å²) in [6.45, 7) is -0.389. The van der Waals surface area contributed by atoms with Gasteiger partial charge in [0.2, 0.25) is 5.91 Å². The largest absolute Gasteiger partial charge is 0.343 e. The zero-order valence-electron chi connectivity index (χ0n) is 16.3. The van der Waals surface area contributed by atoms with E-state index in [0.29, 0.717) is 17.8 Å². The topological polar surface area (TPSA) is 130 Å². The molecular formula is C20H23ClN4O5. The molecule has 4 saturated carbocycles. The Kier molecular flexibility index (Phi) is 5.40. The molecule has 10 heteroatoms. The van der Waals surface area contributed by atoms with Crippen LogP contribution in [0.2, 0.25) is 5.02 Å². The van der Waals surface area contributed by atoms with Crippen molar-refractivity contribution in [2.75, 3.05) is 6.54 Å². The van der Waals surface area contributed by atoms with Crippen molar-refractivity contribution in [2.45, 2.75) is 38.5 Å². The molecule has 0 aliphatic heterocycles. The van der Waals surface area contributed by atoms with Crippen LogP contribution in [0.15, 0.2) is 18.2 Å². The highest BCUT2D eigenvalue weighted by Crippen LogP contribution is 2.60. The van der Waals surface area contributed by atoms with Crippen molar-refractivity contribution in [3.05, 3.63) is 38.9 Å². The van der Waals surface area contributed by atoms with Crippen molar-refractivity contribution in [1.82, 2.24) is 16.2 Å². The number of non-ortho nitro benzene ring substituents is 1. The molecular weight excluding hydrogens is 412 g/mol. The summed E-state index contributed by atoms with van der Waals surface area (Å²) in [6.07, 6.45) is 6.28.